The van der Waals surface area contributed by atoms with E-state index in [4.69, 9.17) is 9.47 Å². The van der Waals surface area contributed by atoms with Gasteiger partial charge < -0.3 is 9.47 Å². The average molecular weight is 367 g/mol. The molecule has 0 bridgehead atoms. The molecule has 1 saturated heterocycles. The van der Waals surface area contributed by atoms with Crippen LogP contribution in [0, 0.1) is 0 Å². The van der Waals surface area contributed by atoms with Gasteiger partial charge in [0.15, 0.2) is 11.5 Å². The lowest BCUT2D eigenvalue weighted by Gasteiger charge is -2.12. The maximum atomic E-state index is 12.6. The summed E-state index contributed by atoms with van der Waals surface area (Å²) in [5, 5.41) is -0.213. The molecule has 2 aromatic rings. The number of thioether (sulfide) groups is 1. The third-order valence-electron chi connectivity index (χ3n) is 4.26. The minimum absolute atomic E-state index is 0.205. The summed E-state index contributed by atoms with van der Waals surface area (Å²) >= 11 is 0.983. The molecule has 2 heterocycles. The molecule has 1 fully saturated rings. The van der Waals surface area contributed by atoms with E-state index in [0.29, 0.717) is 22.9 Å². The average Bonchev–Trinajstić information content (AvgIpc) is 3.22. The number of rotatable bonds is 5. The van der Waals surface area contributed by atoms with Crippen molar-refractivity contribution in [2.45, 2.75) is 12.8 Å². The van der Waals surface area contributed by atoms with Crippen molar-refractivity contribution in [2.24, 2.45) is 0 Å². The highest BCUT2D eigenvalue weighted by Crippen LogP contribution is 2.36. The van der Waals surface area contributed by atoms with Gasteiger partial charge in [-0.05, 0) is 53.9 Å². The van der Waals surface area contributed by atoms with E-state index in [0.717, 1.165) is 30.2 Å². The highest BCUT2D eigenvalue weighted by Gasteiger charge is 2.34. The van der Waals surface area contributed by atoms with Crippen molar-refractivity contribution in [3.05, 3.63) is 64.6 Å². The van der Waals surface area contributed by atoms with Crippen LogP contribution in [0.5, 0.6) is 11.5 Å². The monoisotopic (exact) mass is 367 g/mol. The number of amides is 2. The minimum Gasteiger partial charge on any atom is -0.454 e. The molecule has 0 saturated carbocycles. The Bertz CT molecular complexity index is 879. The molecule has 0 unspecified atom stereocenters. The van der Waals surface area contributed by atoms with E-state index < -0.39 is 0 Å². The normalized spacial score (nSPS) is 17.4. The zero-order valence-electron chi connectivity index (χ0n) is 14.0. The summed E-state index contributed by atoms with van der Waals surface area (Å²) in [5.41, 5.74) is 2.01. The molecule has 0 spiro atoms. The van der Waals surface area contributed by atoms with Gasteiger partial charge in [0.1, 0.15) is 0 Å². The maximum Gasteiger partial charge on any atom is 0.293 e. The molecule has 2 amide bonds. The predicted molar refractivity (Wildman–Crippen MR) is 100 cm³/mol. The van der Waals surface area contributed by atoms with E-state index >= 15 is 0 Å². The molecule has 2 aliphatic rings. The molecular formula is C20H17NO4S. The van der Waals surface area contributed by atoms with Gasteiger partial charge in [0.05, 0.1) is 4.91 Å². The molecule has 5 nitrogen and oxygen atoms in total. The van der Waals surface area contributed by atoms with E-state index in [2.05, 4.69) is 0 Å². The molecule has 0 atom stereocenters. The molecule has 6 heteroatoms. The largest absolute Gasteiger partial charge is 0.454 e. The van der Waals surface area contributed by atoms with E-state index in [1.165, 1.54) is 10.5 Å². The van der Waals surface area contributed by atoms with Crippen molar-refractivity contribution in [1.82, 2.24) is 4.90 Å². The van der Waals surface area contributed by atoms with Gasteiger partial charge >= 0.3 is 0 Å². The molecule has 0 aromatic heterocycles. The van der Waals surface area contributed by atoms with Gasteiger partial charge in [-0.3, -0.25) is 14.5 Å². The number of nitrogens with zero attached hydrogens (tertiary/aromatic N) is 1. The van der Waals surface area contributed by atoms with Crippen LogP contribution >= 0.6 is 11.8 Å². The van der Waals surface area contributed by atoms with Crippen molar-refractivity contribution in [3.8, 4) is 11.5 Å². The Hall–Kier alpha value is -2.73. The van der Waals surface area contributed by atoms with Gasteiger partial charge in [0, 0.05) is 6.54 Å². The molecule has 2 aromatic carbocycles. The molecule has 26 heavy (non-hydrogen) atoms. The standard InChI is InChI=1S/C20H17NO4S/c22-19-18(12-15-8-9-16-17(11-15)25-13-24-16)26-20(23)21(19)10-4-7-14-5-2-1-3-6-14/h1-3,5-6,8-9,11-12H,4,7,10,13H2/b18-12+. The highest BCUT2D eigenvalue weighted by atomic mass is 32.2. The number of hydrogen-bond acceptors (Lipinski definition) is 5. The lowest BCUT2D eigenvalue weighted by Crippen LogP contribution is -2.29. The zero-order chi connectivity index (χ0) is 17.9. The van der Waals surface area contributed by atoms with Crippen molar-refractivity contribution in [2.75, 3.05) is 13.3 Å². The first-order valence-electron chi connectivity index (χ1n) is 8.40. The summed E-state index contributed by atoms with van der Waals surface area (Å²) in [7, 11) is 0. The second-order valence-corrected chi connectivity index (χ2v) is 7.03. The first-order chi connectivity index (χ1) is 12.7. The Kier molecular flexibility index (Phi) is 4.67. The maximum absolute atomic E-state index is 12.6. The molecule has 0 N–H and O–H groups in total. The van der Waals surface area contributed by atoms with E-state index in [1.807, 2.05) is 42.5 Å². The van der Waals surface area contributed by atoms with Crippen LogP contribution in [-0.2, 0) is 11.2 Å². The summed E-state index contributed by atoms with van der Waals surface area (Å²) < 4.78 is 10.6. The first kappa shape index (κ1) is 16.7. The van der Waals surface area contributed by atoms with Crippen LogP contribution in [-0.4, -0.2) is 29.4 Å². The quantitative estimate of drug-likeness (QED) is 0.745. The number of fused-ring (bicyclic) bond motifs is 1. The minimum atomic E-state index is -0.231. The first-order valence-corrected chi connectivity index (χ1v) is 9.21. The Labute approximate surface area is 155 Å². The van der Waals surface area contributed by atoms with Crippen molar-refractivity contribution >= 4 is 29.0 Å². The lowest BCUT2D eigenvalue weighted by molar-refractivity contribution is -0.122. The molecule has 4 rings (SSSR count). The van der Waals surface area contributed by atoms with Crippen molar-refractivity contribution < 1.29 is 19.1 Å². The summed E-state index contributed by atoms with van der Waals surface area (Å²) in [5.74, 6) is 1.11. The summed E-state index contributed by atoms with van der Waals surface area (Å²) in [6.45, 7) is 0.634. The fourth-order valence-corrected chi connectivity index (χ4v) is 3.80. The third-order valence-corrected chi connectivity index (χ3v) is 5.17. The van der Waals surface area contributed by atoms with Gasteiger partial charge in [0.25, 0.3) is 11.1 Å². The van der Waals surface area contributed by atoms with E-state index in [9.17, 15) is 9.59 Å². The van der Waals surface area contributed by atoms with Crippen LogP contribution < -0.4 is 9.47 Å². The van der Waals surface area contributed by atoms with E-state index in [1.54, 1.807) is 12.1 Å². The number of benzene rings is 2. The second kappa shape index (κ2) is 7.25. The SMILES string of the molecule is O=C1S/C(=C/c2ccc3c(c2)OCO3)C(=O)N1CCCc1ccccc1. The Morgan fingerprint density at radius 1 is 1.04 bits per heavy atom. The number of carbonyl (C=O) groups excluding carboxylic acids is 2. The molecule has 0 aliphatic carbocycles. The van der Waals surface area contributed by atoms with Crippen LogP contribution in [0.4, 0.5) is 4.79 Å². The van der Waals surface area contributed by atoms with Crippen LogP contribution in [0.15, 0.2) is 53.4 Å². The van der Waals surface area contributed by atoms with Crippen LogP contribution in [0.25, 0.3) is 6.08 Å². The molecule has 132 valence electrons. The number of hydrogen-bond donors (Lipinski definition) is 0. The smallest absolute Gasteiger partial charge is 0.293 e. The number of carbonyl (C=O) groups is 2. The number of imide groups is 1. The number of ether oxygens (including phenoxy) is 2. The van der Waals surface area contributed by atoms with Crippen LogP contribution in [0.2, 0.25) is 0 Å². The fraction of sp³-hybridized carbons (Fsp3) is 0.200. The summed E-state index contributed by atoms with van der Waals surface area (Å²) in [6, 6.07) is 15.5. The lowest BCUT2D eigenvalue weighted by atomic mass is 10.1. The zero-order valence-corrected chi connectivity index (χ0v) is 14.8. The van der Waals surface area contributed by atoms with E-state index in [-0.39, 0.29) is 17.9 Å². The predicted octanol–water partition coefficient (Wildman–Crippen LogP) is 4.08. The van der Waals surface area contributed by atoms with Crippen molar-refractivity contribution in [3.63, 3.8) is 0 Å². The summed E-state index contributed by atoms with van der Waals surface area (Å²) in [6.07, 6.45) is 3.31. The van der Waals surface area contributed by atoms with Crippen LogP contribution in [0.1, 0.15) is 17.5 Å². The Balaban J connectivity index is 1.41. The summed E-state index contributed by atoms with van der Waals surface area (Å²) in [4.78, 5) is 26.5. The van der Waals surface area contributed by atoms with Gasteiger partial charge in [-0.1, -0.05) is 36.4 Å². The van der Waals surface area contributed by atoms with Gasteiger partial charge in [0.2, 0.25) is 6.79 Å². The van der Waals surface area contributed by atoms with Gasteiger partial charge in [-0.15, -0.1) is 0 Å². The molecule has 0 radical (unpaired) electrons. The Morgan fingerprint density at radius 2 is 1.85 bits per heavy atom. The van der Waals surface area contributed by atoms with Crippen molar-refractivity contribution in [1.29, 1.82) is 0 Å². The second-order valence-electron chi connectivity index (χ2n) is 6.04. The fourth-order valence-electron chi connectivity index (χ4n) is 2.93. The van der Waals surface area contributed by atoms with Gasteiger partial charge in [-0.2, -0.15) is 0 Å². The Morgan fingerprint density at radius 3 is 2.69 bits per heavy atom. The topological polar surface area (TPSA) is 55.8 Å². The molecule has 2 aliphatic heterocycles. The van der Waals surface area contributed by atoms with Gasteiger partial charge in [-0.25, -0.2) is 0 Å². The third kappa shape index (κ3) is 3.46. The highest BCUT2D eigenvalue weighted by molar-refractivity contribution is 8.18. The number of aryl methyl sites for hydroxylation is 1. The molecular weight excluding hydrogens is 350 g/mol. The van der Waals surface area contributed by atoms with Crippen LogP contribution in [0.3, 0.4) is 0 Å².